The summed E-state index contributed by atoms with van der Waals surface area (Å²) in [6.07, 6.45) is 0.948. The number of methoxy groups -OCH3 is 1. The highest BCUT2D eigenvalue weighted by Gasteiger charge is 2.42. The molecule has 0 heterocycles. The molecule has 3 nitrogen and oxygen atoms in total. The molecule has 3 heteroatoms. The summed E-state index contributed by atoms with van der Waals surface area (Å²) in [4.78, 5) is 22.8. The maximum absolute atomic E-state index is 11.6. The lowest BCUT2D eigenvalue weighted by Crippen LogP contribution is -2.26. The van der Waals surface area contributed by atoms with Gasteiger partial charge in [0.15, 0.2) is 5.78 Å². The van der Waals surface area contributed by atoms with E-state index in [4.69, 9.17) is 4.74 Å². The third-order valence-corrected chi connectivity index (χ3v) is 2.67. The maximum Gasteiger partial charge on any atom is 0.168 e. The molecule has 3 unspecified atom stereocenters. The molecule has 1 fully saturated rings. The van der Waals surface area contributed by atoms with Crippen LogP contribution in [0.2, 0.25) is 0 Å². The first-order valence-electron chi connectivity index (χ1n) is 4.63. The van der Waals surface area contributed by atoms with Crippen LogP contribution in [0.3, 0.4) is 0 Å². The van der Waals surface area contributed by atoms with Crippen LogP contribution in [0.5, 0.6) is 0 Å². The molecule has 13 heavy (non-hydrogen) atoms. The van der Waals surface area contributed by atoms with Crippen molar-refractivity contribution in [1.82, 2.24) is 0 Å². The van der Waals surface area contributed by atoms with Crippen molar-refractivity contribution >= 4 is 11.6 Å². The van der Waals surface area contributed by atoms with Gasteiger partial charge < -0.3 is 4.74 Å². The Morgan fingerprint density at radius 3 is 2.46 bits per heavy atom. The summed E-state index contributed by atoms with van der Waals surface area (Å²) in [6.45, 7) is 3.76. The molecule has 1 saturated carbocycles. The van der Waals surface area contributed by atoms with Crippen LogP contribution in [0.1, 0.15) is 20.3 Å². The fourth-order valence-corrected chi connectivity index (χ4v) is 1.47. The summed E-state index contributed by atoms with van der Waals surface area (Å²) in [5.41, 5.74) is 0. The number of carbonyl (C=O) groups is 2. The molecule has 3 atom stereocenters. The Labute approximate surface area is 78.5 Å². The van der Waals surface area contributed by atoms with E-state index in [2.05, 4.69) is 0 Å². The summed E-state index contributed by atoms with van der Waals surface area (Å²) in [5, 5.41) is 0. The molecule has 0 bridgehead atoms. The fraction of sp³-hybridized carbons (Fsp3) is 0.800. The van der Waals surface area contributed by atoms with Crippen molar-refractivity contribution in [2.24, 2.45) is 17.8 Å². The van der Waals surface area contributed by atoms with E-state index in [1.165, 1.54) is 7.11 Å². The van der Waals surface area contributed by atoms with Crippen LogP contribution in [0, 0.1) is 17.8 Å². The largest absolute Gasteiger partial charge is 0.377 e. The van der Waals surface area contributed by atoms with Gasteiger partial charge in [-0.2, -0.15) is 0 Å². The van der Waals surface area contributed by atoms with E-state index in [0.29, 0.717) is 5.92 Å². The van der Waals surface area contributed by atoms with E-state index in [-0.39, 0.29) is 24.1 Å². The van der Waals surface area contributed by atoms with Crippen LogP contribution < -0.4 is 0 Å². The molecule has 0 aromatic carbocycles. The van der Waals surface area contributed by atoms with E-state index >= 15 is 0 Å². The van der Waals surface area contributed by atoms with Crippen LogP contribution in [0.25, 0.3) is 0 Å². The van der Waals surface area contributed by atoms with Gasteiger partial charge in [0.2, 0.25) is 0 Å². The normalized spacial score (nSPS) is 28.2. The minimum absolute atomic E-state index is 0.0496. The SMILES string of the molecule is COCC(=O)C(C)C(=O)C1CC1C. The van der Waals surface area contributed by atoms with Crippen molar-refractivity contribution < 1.29 is 14.3 Å². The summed E-state index contributed by atoms with van der Waals surface area (Å²) in [7, 11) is 1.47. The lowest BCUT2D eigenvalue weighted by atomic mass is 9.97. The summed E-state index contributed by atoms with van der Waals surface area (Å²) < 4.78 is 4.70. The maximum atomic E-state index is 11.6. The standard InChI is InChI=1S/C10H16O3/c1-6-4-8(6)10(12)7(2)9(11)5-13-3/h6-8H,4-5H2,1-3H3. The van der Waals surface area contributed by atoms with Gasteiger partial charge in [-0.1, -0.05) is 6.92 Å². The van der Waals surface area contributed by atoms with Gasteiger partial charge in [0.1, 0.15) is 12.4 Å². The highest BCUT2D eigenvalue weighted by atomic mass is 16.5. The third-order valence-electron chi connectivity index (χ3n) is 2.67. The molecule has 1 rings (SSSR count). The first-order valence-corrected chi connectivity index (χ1v) is 4.63. The van der Waals surface area contributed by atoms with Crippen LogP contribution in [0.4, 0.5) is 0 Å². The van der Waals surface area contributed by atoms with Gasteiger partial charge in [0.05, 0.1) is 5.92 Å². The van der Waals surface area contributed by atoms with Gasteiger partial charge in [0, 0.05) is 13.0 Å². The topological polar surface area (TPSA) is 43.4 Å². The average molecular weight is 184 g/mol. The average Bonchev–Trinajstić information content (AvgIpc) is 2.80. The lowest BCUT2D eigenvalue weighted by Gasteiger charge is -2.07. The molecular formula is C10H16O3. The fourth-order valence-electron chi connectivity index (χ4n) is 1.47. The number of ether oxygens (including phenoxy) is 1. The van der Waals surface area contributed by atoms with Crippen molar-refractivity contribution in [1.29, 1.82) is 0 Å². The van der Waals surface area contributed by atoms with E-state index in [1.807, 2.05) is 6.92 Å². The molecule has 1 aliphatic carbocycles. The van der Waals surface area contributed by atoms with Crippen LogP contribution in [-0.2, 0) is 14.3 Å². The number of ketones is 2. The van der Waals surface area contributed by atoms with E-state index in [0.717, 1.165) is 6.42 Å². The van der Waals surface area contributed by atoms with E-state index < -0.39 is 5.92 Å². The molecule has 0 spiro atoms. The Balaban J connectivity index is 2.42. The van der Waals surface area contributed by atoms with Gasteiger partial charge in [-0.05, 0) is 19.3 Å². The number of Topliss-reactive ketones (excluding diaryl/α,β-unsaturated/α-hetero) is 2. The predicted molar refractivity (Wildman–Crippen MR) is 48.3 cm³/mol. The van der Waals surface area contributed by atoms with Gasteiger partial charge in [-0.3, -0.25) is 9.59 Å². The number of hydrogen-bond donors (Lipinski definition) is 0. The molecule has 0 aromatic rings. The molecule has 0 saturated heterocycles. The second-order valence-electron chi connectivity index (χ2n) is 3.84. The molecular weight excluding hydrogens is 168 g/mol. The van der Waals surface area contributed by atoms with Crippen molar-refractivity contribution in [2.45, 2.75) is 20.3 Å². The molecule has 0 N–H and O–H groups in total. The van der Waals surface area contributed by atoms with Crippen LogP contribution in [-0.4, -0.2) is 25.3 Å². The van der Waals surface area contributed by atoms with Gasteiger partial charge >= 0.3 is 0 Å². The number of rotatable bonds is 5. The van der Waals surface area contributed by atoms with Crippen molar-refractivity contribution in [3.05, 3.63) is 0 Å². The molecule has 0 radical (unpaired) electrons. The summed E-state index contributed by atoms with van der Waals surface area (Å²) in [6, 6.07) is 0. The predicted octanol–water partition coefficient (Wildman–Crippen LogP) is 1.06. The van der Waals surface area contributed by atoms with Crippen molar-refractivity contribution in [3.8, 4) is 0 Å². The zero-order valence-corrected chi connectivity index (χ0v) is 8.37. The quantitative estimate of drug-likeness (QED) is 0.600. The Kier molecular flexibility index (Phi) is 3.20. The van der Waals surface area contributed by atoms with Gasteiger partial charge in [0.25, 0.3) is 0 Å². The second kappa shape index (κ2) is 4.01. The first-order chi connectivity index (χ1) is 6.07. The van der Waals surface area contributed by atoms with Crippen molar-refractivity contribution in [2.75, 3.05) is 13.7 Å². The first kappa shape index (κ1) is 10.4. The Hall–Kier alpha value is -0.700. The van der Waals surface area contributed by atoms with E-state index in [9.17, 15) is 9.59 Å². The smallest absolute Gasteiger partial charge is 0.168 e. The Morgan fingerprint density at radius 2 is 2.08 bits per heavy atom. The molecule has 74 valence electrons. The molecule has 0 aromatic heterocycles. The summed E-state index contributed by atoms with van der Waals surface area (Å²) >= 11 is 0. The minimum atomic E-state index is -0.477. The Morgan fingerprint density at radius 1 is 1.54 bits per heavy atom. The monoisotopic (exact) mass is 184 g/mol. The third kappa shape index (κ3) is 2.37. The molecule has 0 amide bonds. The highest BCUT2D eigenvalue weighted by Crippen LogP contribution is 2.40. The zero-order chi connectivity index (χ0) is 10.0. The number of carbonyl (C=O) groups excluding carboxylic acids is 2. The second-order valence-corrected chi connectivity index (χ2v) is 3.84. The van der Waals surface area contributed by atoms with Crippen LogP contribution in [0.15, 0.2) is 0 Å². The van der Waals surface area contributed by atoms with Gasteiger partial charge in [-0.15, -0.1) is 0 Å². The number of hydrogen-bond acceptors (Lipinski definition) is 3. The zero-order valence-electron chi connectivity index (χ0n) is 8.37. The Bertz CT molecular complexity index is 222. The van der Waals surface area contributed by atoms with Gasteiger partial charge in [-0.25, -0.2) is 0 Å². The minimum Gasteiger partial charge on any atom is -0.377 e. The summed E-state index contributed by atoms with van der Waals surface area (Å²) in [5.74, 6) is 0.122. The molecule has 1 aliphatic rings. The van der Waals surface area contributed by atoms with Crippen LogP contribution >= 0.6 is 0 Å². The highest BCUT2D eigenvalue weighted by molar-refractivity contribution is 6.04. The van der Waals surface area contributed by atoms with E-state index in [1.54, 1.807) is 6.92 Å². The molecule has 0 aliphatic heterocycles. The van der Waals surface area contributed by atoms with Crippen molar-refractivity contribution in [3.63, 3.8) is 0 Å². The lowest BCUT2D eigenvalue weighted by molar-refractivity contribution is -0.135.